The van der Waals surface area contributed by atoms with Crippen molar-refractivity contribution in [2.45, 2.75) is 24.9 Å². The molecule has 4 aromatic rings. The van der Waals surface area contributed by atoms with Crippen LogP contribution in [-0.2, 0) is 4.79 Å². The molecule has 2 aliphatic heterocycles. The summed E-state index contributed by atoms with van der Waals surface area (Å²) in [6, 6.07) is 26.3. The van der Waals surface area contributed by atoms with Crippen LogP contribution in [-0.4, -0.2) is 42.5 Å². The Balaban J connectivity index is 1.57. The number of benzene rings is 4. The monoisotopic (exact) mass is 569 g/mol. The van der Waals surface area contributed by atoms with E-state index in [9.17, 15) is 19.2 Å². The van der Waals surface area contributed by atoms with E-state index in [1.807, 2.05) is 35.3 Å². The fourth-order valence-corrected chi connectivity index (χ4v) is 7.20. The molecule has 1 aliphatic carbocycles. The number of carbonyl (C=O) groups is 4. The van der Waals surface area contributed by atoms with Crippen molar-refractivity contribution in [1.82, 2.24) is 0 Å². The number of fused-ring (bicyclic) bond motifs is 5. The lowest BCUT2D eigenvalue weighted by atomic mass is 9.64. The molecule has 0 aromatic heterocycles. The van der Waals surface area contributed by atoms with Gasteiger partial charge in [-0.2, -0.15) is 0 Å². The van der Waals surface area contributed by atoms with Crippen LogP contribution in [0.15, 0.2) is 103 Å². The normalized spacial score (nSPS) is 20.9. The third-order valence-electron chi connectivity index (χ3n) is 8.82. The van der Waals surface area contributed by atoms with Gasteiger partial charge in [-0.25, -0.2) is 0 Å². The maximum atomic E-state index is 14.8. The van der Waals surface area contributed by atoms with Gasteiger partial charge in [-0.15, -0.1) is 0 Å². The fraction of sp³-hybridized carbons (Fsp3) is 0.167. The van der Waals surface area contributed by atoms with Crippen LogP contribution >= 0.6 is 0 Å². The molecule has 7 rings (SSSR count). The number of carbonyl (C=O) groups excluding carboxylic acids is 4. The molecular formula is C36H27NO6. The Labute approximate surface area is 248 Å². The summed E-state index contributed by atoms with van der Waals surface area (Å²) in [6.45, 7) is 1.31. The predicted molar refractivity (Wildman–Crippen MR) is 161 cm³/mol. The second-order valence-corrected chi connectivity index (χ2v) is 11.0. The molecule has 7 heteroatoms. The van der Waals surface area contributed by atoms with Gasteiger partial charge in [0, 0.05) is 35.1 Å². The number of hydrogen-bond acceptors (Lipinski definition) is 7. The van der Waals surface area contributed by atoms with Crippen molar-refractivity contribution in [2.75, 3.05) is 12.0 Å². The van der Waals surface area contributed by atoms with Crippen LogP contribution in [0.1, 0.15) is 55.0 Å². The van der Waals surface area contributed by atoms with Crippen LogP contribution < -0.4 is 14.4 Å². The summed E-state index contributed by atoms with van der Waals surface area (Å²) in [5.41, 5.74) is 1.24. The first kappa shape index (κ1) is 26.6. The van der Waals surface area contributed by atoms with Gasteiger partial charge in [-0.05, 0) is 23.8 Å². The quantitative estimate of drug-likeness (QED) is 0.127. The van der Waals surface area contributed by atoms with Crippen molar-refractivity contribution in [3.05, 3.63) is 131 Å². The first-order valence-electron chi connectivity index (χ1n) is 14.1. The predicted octanol–water partition coefficient (Wildman–Crippen LogP) is 5.94. The molecule has 212 valence electrons. The van der Waals surface area contributed by atoms with Gasteiger partial charge in [0.05, 0.1) is 18.8 Å². The second-order valence-electron chi connectivity index (χ2n) is 11.0. The molecular weight excluding hydrogens is 542 g/mol. The Kier molecular flexibility index (Phi) is 6.13. The fourth-order valence-electron chi connectivity index (χ4n) is 7.20. The average molecular weight is 570 g/mol. The summed E-state index contributed by atoms with van der Waals surface area (Å²) in [7, 11) is 1.55. The van der Waals surface area contributed by atoms with Gasteiger partial charge in [-0.1, -0.05) is 91.0 Å². The van der Waals surface area contributed by atoms with Gasteiger partial charge >= 0.3 is 5.97 Å². The number of hydrogen-bond donors (Lipinski definition) is 0. The van der Waals surface area contributed by atoms with Crippen LogP contribution in [0.4, 0.5) is 5.69 Å². The number of Topliss-reactive ketones (excluding diaryl/α,β-unsaturated/α-hetero) is 3. The van der Waals surface area contributed by atoms with E-state index in [4.69, 9.17) is 9.47 Å². The molecule has 0 N–H and O–H groups in total. The van der Waals surface area contributed by atoms with Crippen molar-refractivity contribution in [1.29, 1.82) is 0 Å². The number of methoxy groups -OCH3 is 1. The molecule has 1 spiro atoms. The minimum atomic E-state index is -1.68. The van der Waals surface area contributed by atoms with Gasteiger partial charge in [-0.3, -0.25) is 19.2 Å². The molecule has 3 unspecified atom stereocenters. The molecule has 4 aromatic carbocycles. The molecule has 0 amide bonds. The number of esters is 1. The summed E-state index contributed by atoms with van der Waals surface area (Å²) in [4.78, 5) is 58.5. The Hall–Kier alpha value is -5.30. The van der Waals surface area contributed by atoms with Crippen LogP contribution in [0.5, 0.6) is 11.5 Å². The smallest absolute Gasteiger partial charge is 0.308 e. The van der Waals surface area contributed by atoms with Crippen molar-refractivity contribution in [3.63, 3.8) is 0 Å². The number of anilines is 1. The number of ketones is 3. The van der Waals surface area contributed by atoms with E-state index < -0.39 is 29.4 Å². The minimum Gasteiger partial charge on any atom is -0.497 e. The topological polar surface area (TPSA) is 90.0 Å². The van der Waals surface area contributed by atoms with Crippen LogP contribution in [0.25, 0.3) is 6.08 Å². The third-order valence-corrected chi connectivity index (χ3v) is 8.82. The van der Waals surface area contributed by atoms with Crippen molar-refractivity contribution < 1.29 is 28.7 Å². The Morgan fingerprint density at radius 1 is 0.814 bits per heavy atom. The van der Waals surface area contributed by atoms with E-state index in [0.29, 0.717) is 39.3 Å². The molecule has 1 fully saturated rings. The molecule has 0 bridgehead atoms. The molecule has 2 heterocycles. The molecule has 0 radical (unpaired) electrons. The molecule has 1 saturated heterocycles. The maximum Gasteiger partial charge on any atom is 0.308 e. The Morgan fingerprint density at radius 2 is 1.49 bits per heavy atom. The third kappa shape index (κ3) is 3.74. The van der Waals surface area contributed by atoms with E-state index in [2.05, 4.69) is 0 Å². The molecule has 0 saturated carbocycles. The van der Waals surface area contributed by atoms with Gasteiger partial charge in [0.1, 0.15) is 17.2 Å². The summed E-state index contributed by atoms with van der Waals surface area (Å²) >= 11 is 0. The number of rotatable bonds is 5. The van der Waals surface area contributed by atoms with Gasteiger partial charge in [0.25, 0.3) is 0 Å². The average Bonchev–Trinajstić information content (AvgIpc) is 3.47. The van der Waals surface area contributed by atoms with Gasteiger partial charge in [0.15, 0.2) is 23.1 Å². The van der Waals surface area contributed by atoms with E-state index >= 15 is 0 Å². The van der Waals surface area contributed by atoms with Crippen molar-refractivity contribution in [2.24, 2.45) is 5.41 Å². The highest BCUT2D eigenvalue weighted by molar-refractivity contribution is 6.32. The standard InChI is InChI=1S/C36H27NO6/c1-21(38)43-28-17-9-12-22-18-19-29-36(34(40)26-15-6-7-16-27(26)35(36)41)30(24-13-8-14-25(20-24)42-2)32(37(29)31(22)28)33(39)23-10-4-3-5-11-23/h3-20,29-30,32H,1-2H3. The highest BCUT2D eigenvalue weighted by Crippen LogP contribution is 2.62. The van der Waals surface area contributed by atoms with Crippen LogP contribution in [0.2, 0.25) is 0 Å². The minimum absolute atomic E-state index is 0.252. The number of para-hydroxylation sites is 1. The van der Waals surface area contributed by atoms with E-state index in [0.717, 1.165) is 0 Å². The number of nitrogens with zero attached hydrogens (tertiary/aromatic N) is 1. The van der Waals surface area contributed by atoms with E-state index in [1.54, 1.807) is 86.0 Å². The first-order valence-corrected chi connectivity index (χ1v) is 14.1. The molecule has 3 aliphatic rings. The van der Waals surface area contributed by atoms with Crippen molar-refractivity contribution >= 4 is 35.1 Å². The van der Waals surface area contributed by atoms with Crippen LogP contribution in [0.3, 0.4) is 0 Å². The zero-order chi connectivity index (χ0) is 29.9. The largest absolute Gasteiger partial charge is 0.497 e. The SMILES string of the molecule is COc1cccc(C2C(C(=O)c3ccccc3)N3c4c(cccc4OC(C)=O)C=CC3C23C(=O)c2ccccc2C3=O)c1. The lowest BCUT2D eigenvalue weighted by molar-refractivity contribution is -0.131. The van der Waals surface area contributed by atoms with Gasteiger partial charge in [0.2, 0.25) is 0 Å². The number of ether oxygens (including phenoxy) is 2. The zero-order valence-electron chi connectivity index (χ0n) is 23.5. The van der Waals surface area contributed by atoms with Crippen molar-refractivity contribution in [3.8, 4) is 11.5 Å². The Morgan fingerprint density at radius 3 is 2.16 bits per heavy atom. The lowest BCUT2D eigenvalue weighted by Gasteiger charge is -2.37. The summed E-state index contributed by atoms with van der Waals surface area (Å²) < 4.78 is 11.2. The lowest BCUT2D eigenvalue weighted by Crippen LogP contribution is -2.48. The molecule has 7 nitrogen and oxygen atoms in total. The molecule has 3 atom stereocenters. The summed E-state index contributed by atoms with van der Waals surface area (Å²) in [5.74, 6) is -1.57. The molecule has 43 heavy (non-hydrogen) atoms. The van der Waals surface area contributed by atoms with Crippen LogP contribution in [0, 0.1) is 5.41 Å². The van der Waals surface area contributed by atoms with E-state index in [1.165, 1.54) is 6.92 Å². The highest BCUT2D eigenvalue weighted by atomic mass is 16.5. The first-order chi connectivity index (χ1) is 20.9. The zero-order valence-corrected chi connectivity index (χ0v) is 23.5. The summed E-state index contributed by atoms with van der Waals surface area (Å²) in [6.07, 6.45) is 3.68. The van der Waals surface area contributed by atoms with Gasteiger partial charge < -0.3 is 14.4 Å². The van der Waals surface area contributed by atoms with E-state index in [-0.39, 0.29) is 23.1 Å². The second kappa shape index (κ2) is 9.91. The summed E-state index contributed by atoms with van der Waals surface area (Å²) in [5, 5.41) is 0. The highest BCUT2D eigenvalue weighted by Gasteiger charge is 2.71. The Bertz CT molecular complexity index is 1820. The maximum absolute atomic E-state index is 14.8.